The molecular formula is C17H23ClN2O3. The zero-order valence-corrected chi connectivity index (χ0v) is 14.1. The minimum Gasteiger partial charge on any atom is -0.375 e. The molecule has 0 spiro atoms. The molecule has 0 unspecified atom stereocenters. The molecule has 0 aromatic heterocycles. The molecule has 2 rings (SSSR count). The number of nitrogens with zero attached hydrogens (tertiary/aromatic N) is 1. The van der Waals surface area contributed by atoms with Crippen molar-refractivity contribution < 1.29 is 14.3 Å². The van der Waals surface area contributed by atoms with Crippen molar-refractivity contribution in [2.75, 3.05) is 26.8 Å². The number of rotatable bonds is 6. The molecule has 1 N–H and O–H groups in total. The topological polar surface area (TPSA) is 58.6 Å². The van der Waals surface area contributed by atoms with Gasteiger partial charge in [-0.1, -0.05) is 23.7 Å². The van der Waals surface area contributed by atoms with E-state index in [0.29, 0.717) is 31.0 Å². The van der Waals surface area contributed by atoms with Crippen LogP contribution in [0, 0.1) is 0 Å². The van der Waals surface area contributed by atoms with Gasteiger partial charge in [-0.15, -0.1) is 0 Å². The Kier molecular flexibility index (Phi) is 6.86. The van der Waals surface area contributed by atoms with E-state index >= 15 is 0 Å². The first-order valence-corrected chi connectivity index (χ1v) is 8.27. The Balaban J connectivity index is 1.68. The van der Waals surface area contributed by atoms with Crippen molar-refractivity contribution in [3.63, 3.8) is 0 Å². The first kappa shape index (κ1) is 17.8. The predicted octanol–water partition coefficient (Wildman–Crippen LogP) is 2.03. The predicted molar refractivity (Wildman–Crippen MR) is 89.4 cm³/mol. The Morgan fingerprint density at radius 2 is 1.91 bits per heavy atom. The molecule has 0 radical (unpaired) electrons. The molecule has 1 aromatic carbocycles. The molecule has 0 saturated carbocycles. The Bertz CT molecular complexity index is 525. The number of benzene rings is 1. The van der Waals surface area contributed by atoms with Gasteiger partial charge in [0, 0.05) is 37.7 Å². The van der Waals surface area contributed by atoms with Crippen LogP contribution in [0.2, 0.25) is 5.02 Å². The molecule has 23 heavy (non-hydrogen) atoms. The van der Waals surface area contributed by atoms with Gasteiger partial charge >= 0.3 is 0 Å². The van der Waals surface area contributed by atoms with E-state index in [1.54, 1.807) is 4.90 Å². The quantitative estimate of drug-likeness (QED) is 0.863. The van der Waals surface area contributed by atoms with Crippen LogP contribution in [-0.4, -0.2) is 49.6 Å². The third-order valence-electron chi connectivity index (χ3n) is 4.03. The van der Waals surface area contributed by atoms with Crippen LogP contribution < -0.4 is 5.32 Å². The van der Waals surface area contributed by atoms with E-state index in [4.69, 9.17) is 16.3 Å². The van der Waals surface area contributed by atoms with Gasteiger partial charge in [0.1, 0.15) is 6.61 Å². The standard InChI is InChI=1S/C17H23ClN2O3/c1-23-12-17(22)20-10-8-15(9-11-20)19-16(21)7-4-13-2-5-14(18)6-3-13/h2-3,5-6,15H,4,7-12H2,1H3,(H,19,21). The van der Waals surface area contributed by atoms with Crippen molar-refractivity contribution in [1.29, 1.82) is 0 Å². The number of hydrogen-bond acceptors (Lipinski definition) is 3. The highest BCUT2D eigenvalue weighted by Crippen LogP contribution is 2.13. The third-order valence-corrected chi connectivity index (χ3v) is 4.29. The SMILES string of the molecule is COCC(=O)N1CCC(NC(=O)CCc2ccc(Cl)cc2)CC1. The van der Waals surface area contributed by atoms with E-state index in [0.717, 1.165) is 18.4 Å². The fourth-order valence-corrected chi connectivity index (χ4v) is 2.82. The third kappa shape index (κ3) is 5.84. The summed E-state index contributed by atoms with van der Waals surface area (Å²) in [6.07, 6.45) is 2.75. The highest BCUT2D eigenvalue weighted by atomic mass is 35.5. The number of carbonyl (C=O) groups is 2. The molecule has 1 heterocycles. The summed E-state index contributed by atoms with van der Waals surface area (Å²) in [4.78, 5) is 25.5. The lowest BCUT2D eigenvalue weighted by Gasteiger charge is -2.32. The summed E-state index contributed by atoms with van der Waals surface area (Å²) >= 11 is 5.84. The average molecular weight is 339 g/mol. The van der Waals surface area contributed by atoms with Crippen molar-refractivity contribution in [3.05, 3.63) is 34.9 Å². The maximum absolute atomic E-state index is 12.0. The molecule has 1 fully saturated rings. The number of nitrogens with one attached hydrogen (secondary N) is 1. The number of hydrogen-bond donors (Lipinski definition) is 1. The fraction of sp³-hybridized carbons (Fsp3) is 0.529. The second-order valence-electron chi connectivity index (χ2n) is 5.78. The van der Waals surface area contributed by atoms with Crippen molar-refractivity contribution in [1.82, 2.24) is 10.2 Å². The maximum Gasteiger partial charge on any atom is 0.248 e. The van der Waals surface area contributed by atoms with E-state index in [1.807, 2.05) is 24.3 Å². The number of halogens is 1. The van der Waals surface area contributed by atoms with E-state index in [-0.39, 0.29) is 24.5 Å². The summed E-state index contributed by atoms with van der Waals surface area (Å²) in [6, 6.07) is 7.70. The van der Waals surface area contributed by atoms with Gasteiger partial charge in [0.2, 0.25) is 11.8 Å². The molecule has 2 amide bonds. The van der Waals surface area contributed by atoms with Crippen molar-refractivity contribution in [2.24, 2.45) is 0 Å². The summed E-state index contributed by atoms with van der Waals surface area (Å²) in [5, 5.41) is 3.76. The van der Waals surface area contributed by atoms with Crippen LogP contribution in [0.25, 0.3) is 0 Å². The lowest BCUT2D eigenvalue weighted by molar-refractivity contribution is -0.136. The maximum atomic E-state index is 12.0. The Labute approximate surface area is 141 Å². The van der Waals surface area contributed by atoms with Gasteiger partial charge in [-0.2, -0.15) is 0 Å². The molecular weight excluding hydrogens is 316 g/mol. The molecule has 126 valence electrons. The second kappa shape index (κ2) is 8.89. The van der Waals surface area contributed by atoms with Gasteiger partial charge in [-0.3, -0.25) is 9.59 Å². The van der Waals surface area contributed by atoms with Crippen molar-refractivity contribution in [3.8, 4) is 0 Å². The summed E-state index contributed by atoms with van der Waals surface area (Å²) in [7, 11) is 1.52. The van der Waals surface area contributed by atoms with E-state index in [1.165, 1.54) is 7.11 Å². The van der Waals surface area contributed by atoms with Gasteiger partial charge in [0.25, 0.3) is 0 Å². The summed E-state index contributed by atoms with van der Waals surface area (Å²) < 4.78 is 4.86. The van der Waals surface area contributed by atoms with E-state index < -0.39 is 0 Å². The van der Waals surface area contributed by atoms with E-state index in [2.05, 4.69) is 5.32 Å². The molecule has 1 aliphatic heterocycles. The minimum atomic E-state index is 0.0139. The summed E-state index contributed by atoms with van der Waals surface area (Å²) in [5.74, 6) is 0.0710. The molecule has 0 atom stereocenters. The summed E-state index contributed by atoms with van der Waals surface area (Å²) in [5.41, 5.74) is 1.10. The number of likely N-dealkylation sites (tertiary alicyclic amines) is 1. The molecule has 1 aliphatic rings. The zero-order valence-electron chi connectivity index (χ0n) is 13.4. The second-order valence-corrected chi connectivity index (χ2v) is 6.22. The van der Waals surface area contributed by atoms with Gasteiger partial charge in [0.15, 0.2) is 0 Å². The van der Waals surface area contributed by atoms with Gasteiger partial charge < -0.3 is 15.0 Å². The molecule has 0 bridgehead atoms. The molecule has 1 aromatic rings. The van der Waals surface area contributed by atoms with Crippen molar-refractivity contribution >= 4 is 23.4 Å². The fourth-order valence-electron chi connectivity index (χ4n) is 2.70. The van der Waals surface area contributed by atoms with Crippen LogP contribution in [0.1, 0.15) is 24.8 Å². The van der Waals surface area contributed by atoms with Gasteiger partial charge in [-0.05, 0) is 37.0 Å². The van der Waals surface area contributed by atoms with Gasteiger partial charge in [0.05, 0.1) is 0 Å². The highest BCUT2D eigenvalue weighted by Gasteiger charge is 2.23. The Hall–Kier alpha value is -1.59. The first-order valence-electron chi connectivity index (χ1n) is 7.89. The number of amides is 2. The lowest BCUT2D eigenvalue weighted by atomic mass is 10.0. The van der Waals surface area contributed by atoms with Crippen molar-refractivity contribution in [2.45, 2.75) is 31.7 Å². The Morgan fingerprint density at radius 3 is 2.52 bits per heavy atom. The zero-order chi connectivity index (χ0) is 16.7. The smallest absolute Gasteiger partial charge is 0.248 e. The van der Waals surface area contributed by atoms with Crippen LogP contribution >= 0.6 is 11.6 Å². The minimum absolute atomic E-state index is 0.0139. The average Bonchev–Trinajstić information content (AvgIpc) is 2.55. The van der Waals surface area contributed by atoms with Crippen LogP contribution in [-0.2, 0) is 20.7 Å². The molecule has 1 saturated heterocycles. The summed E-state index contributed by atoms with van der Waals surface area (Å²) in [6.45, 7) is 1.47. The number of aryl methyl sites for hydroxylation is 1. The first-order chi connectivity index (χ1) is 11.1. The van der Waals surface area contributed by atoms with Crippen LogP contribution in [0.3, 0.4) is 0 Å². The van der Waals surface area contributed by atoms with E-state index in [9.17, 15) is 9.59 Å². The molecule has 6 heteroatoms. The Morgan fingerprint density at radius 1 is 1.26 bits per heavy atom. The normalized spacial score (nSPS) is 15.5. The van der Waals surface area contributed by atoms with Crippen LogP contribution in [0.4, 0.5) is 0 Å². The largest absolute Gasteiger partial charge is 0.375 e. The number of piperidine rings is 1. The highest BCUT2D eigenvalue weighted by molar-refractivity contribution is 6.30. The number of ether oxygens (including phenoxy) is 1. The monoisotopic (exact) mass is 338 g/mol. The van der Waals surface area contributed by atoms with Gasteiger partial charge in [-0.25, -0.2) is 0 Å². The lowest BCUT2D eigenvalue weighted by Crippen LogP contribution is -2.47. The van der Waals surface area contributed by atoms with Crippen LogP contribution in [0.15, 0.2) is 24.3 Å². The van der Waals surface area contributed by atoms with Crippen LogP contribution in [0.5, 0.6) is 0 Å². The number of carbonyl (C=O) groups excluding carboxylic acids is 2. The molecule has 5 nitrogen and oxygen atoms in total. The molecule has 0 aliphatic carbocycles. The number of methoxy groups -OCH3 is 1.